The molecule has 0 radical (unpaired) electrons. The minimum absolute atomic E-state index is 0.00128. The van der Waals surface area contributed by atoms with Crippen molar-refractivity contribution in [3.05, 3.63) is 117 Å². The van der Waals surface area contributed by atoms with Crippen LogP contribution in [0.2, 0.25) is 5.02 Å². The summed E-state index contributed by atoms with van der Waals surface area (Å²) in [7, 11) is 1.86. The molecule has 3 heterocycles. The summed E-state index contributed by atoms with van der Waals surface area (Å²) in [5, 5.41) is 8.36. The van der Waals surface area contributed by atoms with Gasteiger partial charge in [0.15, 0.2) is 0 Å². The molecule has 1 aromatic heterocycles. The molecule has 1 N–H and O–H groups in total. The van der Waals surface area contributed by atoms with E-state index in [2.05, 4.69) is 15.3 Å². The SMILES string of the molecule is Cc1nn(C)c(C)c1CN1C(=O)c2cccc(N3CCC(C(=O)NC(c4ccccc4)c4ccc(Cl)cc4)CC3)c2C1=O. The molecule has 0 bridgehead atoms. The predicted molar refractivity (Wildman–Crippen MR) is 166 cm³/mol. The van der Waals surface area contributed by atoms with Crippen LogP contribution in [0.4, 0.5) is 5.69 Å². The number of halogens is 1. The molecule has 1 fully saturated rings. The zero-order valence-electron chi connectivity index (χ0n) is 24.5. The molecular formula is C34H34ClN5O3. The van der Waals surface area contributed by atoms with Gasteiger partial charge in [0, 0.05) is 42.3 Å². The van der Waals surface area contributed by atoms with Gasteiger partial charge in [0.2, 0.25) is 5.91 Å². The normalized spacial score (nSPS) is 16.0. The van der Waals surface area contributed by atoms with Gasteiger partial charge in [0.05, 0.1) is 35.1 Å². The maximum atomic E-state index is 13.7. The van der Waals surface area contributed by atoms with Crippen LogP contribution in [0, 0.1) is 19.8 Å². The Labute approximate surface area is 256 Å². The second-order valence-corrected chi connectivity index (χ2v) is 11.8. The average molecular weight is 596 g/mol. The van der Waals surface area contributed by atoms with Crippen molar-refractivity contribution in [1.82, 2.24) is 20.0 Å². The highest BCUT2D eigenvalue weighted by atomic mass is 35.5. The number of nitrogens with one attached hydrogen (secondary N) is 1. The fourth-order valence-corrected chi connectivity index (χ4v) is 6.36. The Morgan fingerprint density at radius 2 is 1.60 bits per heavy atom. The van der Waals surface area contributed by atoms with Crippen molar-refractivity contribution in [3.63, 3.8) is 0 Å². The molecule has 3 aromatic carbocycles. The number of hydrogen-bond donors (Lipinski definition) is 1. The van der Waals surface area contributed by atoms with Crippen LogP contribution in [0.25, 0.3) is 0 Å². The van der Waals surface area contributed by atoms with E-state index in [1.54, 1.807) is 10.7 Å². The van der Waals surface area contributed by atoms with Gasteiger partial charge >= 0.3 is 0 Å². The number of aryl methyl sites for hydroxylation is 2. The highest BCUT2D eigenvalue weighted by Gasteiger charge is 2.40. The number of aromatic nitrogens is 2. The topological polar surface area (TPSA) is 87.5 Å². The molecule has 1 unspecified atom stereocenters. The van der Waals surface area contributed by atoms with Crippen molar-refractivity contribution in [2.24, 2.45) is 13.0 Å². The first kappa shape index (κ1) is 28.7. The number of imide groups is 1. The highest BCUT2D eigenvalue weighted by Crippen LogP contribution is 2.35. The number of amides is 3. The van der Waals surface area contributed by atoms with Gasteiger partial charge in [0.1, 0.15) is 0 Å². The number of anilines is 1. The number of fused-ring (bicyclic) bond motifs is 1. The fourth-order valence-electron chi connectivity index (χ4n) is 6.23. The number of carbonyl (C=O) groups excluding carboxylic acids is 3. The van der Waals surface area contributed by atoms with E-state index in [9.17, 15) is 14.4 Å². The van der Waals surface area contributed by atoms with Gasteiger partial charge in [-0.1, -0.05) is 60.1 Å². The minimum Gasteiger partial charge on any atom is -0.371 e. The molecule has 220 valence electrons. The third kappa shape index (κ3) is 5.43. The Kier molecular flexibility index (Phi) is 7.79. The monoisotopic (exact) mass is 595 g/mol. The summed E-state index contributed by atoms with van der Waals surface area (Å²) >= 11 is 6.13. The fraction of sp³-hybridized carbons (Fsp3) is 0.294. The summed E-state index contributed by atoms with van der Waals surface area (Å²) < 4.78 is 1.77. The quantitative estimate of drug-likeness (QED) is 0.281. The van der Waals surface area contributed by atoms with E-state index in [0.717, 1.165) is 33.8 Å². The lowest BCUT2D eigenvalue weighted by atomic mass is 9.92. The van der Waals surface area contributed by atoms with Gasteiger partial charge in [-0.2, -0.15) is 5.10 Å². The van der Waals surface area contributed by atoms with Crippen LogP contribution in [-0.4, -0.2) is 45.5 Å². The zero-order valence-corrected chi connectivity index (χ0v) is 25.3. The summed E-state index contributed by atoms with van der Waals surface area (Å²) in [6.07, 6.45) is 1.27. The number of hydrogen-bond acceptors (Lipinski definition) is 5. The lowest BCUT2D eigenvalue weighted by molar-refractivity contribution is -0.126. The summed E-state index contributed by atoms with van der Waals surface area (Å²) in [5.74, 6) is -0.738. The van der Waals surface area contributed by atoms with Gasteiger partial charge in [0.25, 0.3) is 11.8 Å². The molecule has 1 atom stereocenters. The number of benzene rings is 3. The Balaban J connectivity index is 1.16. The first-order valence-corrected chi connectivity index (χ1v) is 14.9. The number of carbonyl (C=O) groups is 3. The molecule has 43 heavy (non-hydrogen) atoms. The van der Waals surface area contributed by atoms with Crippen molar-refractivity contribution in [2.45, 2.75) is 39.3 Å². The van der Waals surface area contributed by atoms with E-state index in [0.29, 0.717) is 42.1 Å². The third-order valence-electron chi connectivity index (χ3n) is 8.78. The number of rotatable bonds is 7. The lowest BCUT2D eigenvalue weighted by Gasteiger charge is -2.34. The maximum Gasteiger partial charge on any atom is 0.263 e. The van der Waals surface area contributed by atoms with E-state index in [-0.39, 0.29) is 36.2 Å². The third-order valence-corrected chi connectivity index (χ3v) is 9.03. The first-order valence-electron chi connectivity index (χ1n) is 14.6. The molecule has 6 rings (SSSR count). The molecular weight excluding hydrogens is 562 g/mol. The van der Waals surface area contributed by atoms with Crippen molar-refractivity contribution in [3.8, 4) is 0 Å². The van der Waals surface area contributed by atoms with Crippen molar-refractivity contribution < 1.29 is 14.4 Å². The molecule has 9 heteroatoms. The molecule has 1 saturated heterocycles. The van der Waals surface area contributed by atoms with E-state index >= 15 is 0 Å². The molecule has 2 aliphatic rings. The van der Waals surface area contributed by atoms with E-state index in [4.69, 9.17) is 11.6 Å². The Hall–Kier alpha value is -4.43. The van der Waals surface area contributed by atoms with Crippen LogP contribution in [0.1, 0.15) is 67.7 Å². The van der Waals surface area contributed by atoms with Crippen molar-refractivity contribution >= 4 is 35.0 Å². The molecule has 8 nitrogen and oxygen atoms in total. The van der Waals surface area contributed by atoms with Gasteiger partial charge in [-0.15, -0.1) is 0 Å². The zero-order chi connectivity index (χ0) is 30.2. The molecule has 2 aliphatic heterocycles. The number of piperidine rings is 1. The number of nitrogens with zero attached hydrogens (tertiary/aromatic N) is 4. The second-order valence-electron chi connectivity index (χ2n) is 11.3. The van der Waals surface area contributed by atoms with Gasteiger partial charge in [-0.25, -0.2) is 0 Å². The molecule has 4 aromatic rings. The molecule has 3 amide bonds. The van der Waals surface area contributed by atoms with Gasteiger partial charge in [-0.05, 0) is 62.1 Å². The molecule has 0 spiro atoms. The smallest absolute Gasteiger partial charge is 0.263 e. The van der Waals surface area contributed by atoms with Crippen molar-refractivity contribution in [2.75, 3.05) is 18.0 Å². The van der Waals surface area contributed by atoms with Crippen LogP contribution >= 0.6 is 11.6 Å². The van der Waals surface area contributed by atoms with Crippen LogP contribution < -0.4 is 10.2 Å². The minimum atomic E-state index is -0.289. The van der Waals surface area contributed by atoms with Crippen LogP contribution in [0.15, 0.2) is 72.8 Å². The average Bonchev–Trinajstić information content (AvgIpc) is 3.42. The Morgan fingerprint density at radius 3 is 2.26 bits per heavy atom. The molecule has 0 aliphatic carbocycles. The maximum absolute atomic E-state index is 13.7. The van der Waals surface area contributed by atoms with Crippen LogP contribution in [0.3, 0.4) is 0 Å². The molecule has 0 saturated carbocycles. The van der Waals surface area contributed by atoms with Crippen molar-refractivity contribution in [1.29, 1.82) is 0 Å². The summed E-state index contributed by atoms with van der Waals surface area (Å²) in [4.78, 5) is 44.0. The largest absolute Gasteiger partial charge is 0.371 e. The Bertz CT molecular complexity index is 1690. The van der Waals surface area contributed by atoms with E-state index in [1.807, 2.05) is 87.6 Å². The predicted octanol–water partition coefficient (Wildman–Crippen LogP) is 5.61. The van der Waals surface area contributed by atoms with Crippen LogP contribution in [-0.2, 0) is 18.4 Å². The summed E-state index contributed by atoms with van der Waals surface area (Å²) in [6.45, 7) is 5.23. The van der Waals surface area contributed by atoms with Gasteiger partial charge in [-0.3, -0.25) is 24.0 Å². The Morgan fingerprint density at radius 1 is 0.930 bits per heavy atom. The first-order chi connectivity index (χ1) is 20.7. The van der Waals surface area contributed by atoms with E-state index < -0.39 is 0 Å². The highest BCUT2D eigenvalue weighted by molar-refractivity contribution is 6.30. The standard InChI is InChI=1S/C34H34ClN5O3/c1-21-28(22(2)38(3)37-21)20-40-33(42)27-10-7-11-29(30(27)34(40)43)39-18-16-25(17-19-39)32(41)36-31(23-8-5-4-6-9-23)24-12-14-26(35)15-13-24/h4-15,25,31H,16-20H2,1-3H3,(H,36,41). The lowest BCUT2D eigenvalue weighted by Crippen LogP contribution is -2.42. The van der Waals surface area contributed by atoms with Crippen LogP contribution in [0.5, 0.6) is 0 Å². The summed E-state index contributed by atoms with van der Waals surface area (Å²) in [6, 6.07) is 22.6. The van der Waals surface area contributed by atoms with Gasteiger partial charge < -0.3 is 10.2 Å². The van der Waals surface area contributed by atoms with E-state index in [1.165, 1.54) is 4.90 Å². The second kappa shape index (κ2) is 11.7. The summed E-state index contributed by atoms with van der Waals surface area (Å²) in [5.41, 5.74) is 6.21.